The smallest absolute Gasteiger partial charge is 0.261 e. The first-order valence-electron chi connectivity index (χ1n) is 8.73. The molecular weight excluding hydrogens is 358 g/mol. The Morgan fingerprint density at radius 3 is 2.81 bits per heavy atom. The Balaban J connectivity index is 1.62. The van der Waals surface area contributed by atoms with Crippen LogP contribution in [0.5, 0.6) is 5.75 Å². The van der Waals surface area contributed by atoms with Gasteiger partial charge in [-0.05, 0) is 32.0 Å². The highest BCUT2D eigenvalue weighted by Gasteiger charge is 2.16. The normalized spacial score (nSPS) is 10.9. The maximum absolute atomic E-state index is 12.7. The second-order valence-corrected chi connectivity index (χ2v) is 6.95. The lowest BCUT2D eigenvalue weighted by Gasteiger charge is -2.08. The number of carbonyl (C=O) groups excluding carboxylic acids is 1. The number of benzene rings is 2. The summed E-state index contributed by atoms with van der Waals surface area (Å²) < 4.78 is 5.54. The molecule has 136 valence electrons. The van der Waals surface area contributed by atoms with E-state index in [-0.39, 0.29) is 5.91 Å². The lowest BCUT2D eigenvalue weighted by Crippen LogP contribution is -2.13. The number of para-hydroxylation sites is 2. The van der Waals surface area contributed by atoms with Crippen LogP contribution in [0.3, 0.4) is 0 Å². The Bertz CT molecular complexity index is 1110. The number of hydrogen-bond acceptors (Lipinski definition) is 4. The molecule has 4 aromatic rings. The summed E-state index contributed by atoms with van der Waals surface area (Å²) >= 11 is 1.41. The molecule has 0 atom stereocenters. The third-order valence-corrected chi connectivity index (χ3v) is 5.06. The maximum atomic E-state index is 12.7. The molecule has 2 heterocycles. The van der Waals surface area contributed by atoms with Crippen molar-refractivity contribution in [3.8, 4) is 17.0 Å². The molecule has 0 aliphatic heterocycles. The van der Waals surface area contributed by atoms with E-state index in [0.29, 0.717) is 23.1 Å². The monoisotopic (exact) mass is 377 g/mol. The summed E-state index contributed by atoms with van der Waals surface area (Å²) in [4.78, 5) is 20.7. The van der Waals surface area contributed by atoms with E-state index in [1.165, 1.54) is 11.3 Å². The van der Waals surface area contributed by atoms with Gasteiger partial charge in [0, 0.05) is 27.5 Å². The summed E-state index contributed by atoms with van der Waals surface area (Å²) in [5.41, 5.74) is 4.55. The molecule has 0 spiro atoms. The molecule has 1 amide bonds. The fourth-order valence-electron chi connectivity index (χ4n) is 3.15. The number of nitrogens with one attached hydrogen (secondary N) is 2. The SMILES string of the molecule is CCOc1ccccc1C(=O)Nc1nc(-c2c(C)[nH]c3ccccc23)cs1. The molecule has 0 saturated heterocycles. The average molecular weight is 377 g/mol. The van der Waals surface area contributed by atoms with Crippen LogP contribution < -0.4 is 10.1 Å². The Morgan fingerprint density at radius 1 is 1.19 bits per heavy atom. The van der Waals surface area contributed by atoms with E-state index in [1.54, 1.807) is 12.1 Å². The van der Waals surface area contributed by atoms with Crippen molar-refractivity contribution >= 4 is 33.3 Å². The molecule has 0 unspecified atom stereocenters. The lowest BCUT2D eigenvalue weighted by atomic mass is 10.1. The summed E-state index contributed by atoms with van der Waals surface area (Å²) in [6.07, 6.45) is 0. The van der Waals surface area contributed by atoms with E-state index in [1.807, 2.05) is 49.6 Å². The van der Waals surface area contributed by atoms with Crippen molar-refractivity contribution in [1.29, 1.82) is 0 Å². The van der Waals surface area contributed by atoms with E-state index in [0.717, 1.165) is 27.9 Å². The van der Waals surface area contributed by atoms with Gasteiger partial charge < -0.3 is 9.72 Å². The van der Waals surface area contributed by atoms with Crippen molar-refractivity contribution in [2.24, 2.45) is 0 Å². The molecule has 0 fully saturated rings. The largest absolute Gasteiger partial charge is 0.493 e. The quantitative estimate of drug-likeness (QED) is 0.499. The molecule has 4 rings (SSSR count). The van der Waals surface area contributed by atoms with Crippen molar-refractivity contribution < 1.29 is 9.53 Å². The number of aryl methyl sites for hydroxylation is 1. The van der Waals surface area contributed by atoms with Gasteiger partial charge >= 0.3 is 0 Å². The van der Waals surface area contributed by atoms with E-state index in [9.17, 15) is 4.79 Å². The first-order valence-corrected chi connectivity index (χ1v) is 9.61. The number of nitrogens with zero attached hydrogens (tertiary/aromatic N) is 1. The molecule has 2 aromatic carbocycles. The van der Waals surface area contributed by atoms with Gasteiger partial charge in [0.05, 0.1) is 17.9 Å². The predicted octanol–water partition coefficient (Wildman–Crippen LogP) is 5.25. The van der Waals surface area contributed by atoms with Crippen molar-refractivity contribution in [2.45, 2.75) is 13.8 Å². The number of hydrogen-bond donors (Lipinski definition) is 2. The summed E-state index contributed by atoms with van der Waals surface area (Å²) in [7, 11) is 0. The number of rotatable bonds is 5. The number of H-pyrrole nitrogens is 1. The van der Waals surface area contributed by atoms with E-state index in [2.05, 4.69) is 21.4 Å². The van der Waals surface area contributed by atoms with Crippen LogP contribution in [0.1, 0.15) is 23.0 Å². The zero-order valence-electron chi connectivity index (χ0n) is 15.1. The zero-order valence-corrected chi connectivity index (χ0v) is 15.9. The van der Waals surface area contributed by atoms with Gasteiger partial charge in [0.1, 0.15) is 5.75 Å². The standard InChI is InChI=1S/C21H19N3O2S/c1-3-26-18-11-7-5-9-15(18)20(25)24-21-23-17(12-27-21)19-13(2)22-16-10-6-4-8-14(16)19/h4-12,22H,3H2,1-2H3,(H,23,24,25). The van der Waals surface area contributed by atoms with Gasteiger partial charge in [0.15, 0.2) is 5.13 Å². The minimum absolute atomic E-state index is 0.226. The lowest BCUT2D eigenvalue weighted by molar-refractivity contribution is 0.102. The van der Waals surface area contributed by atoms with Gasteiger partial charge in [0.25, 0.3) is 5.91 Å². The summed E-state index contributed by atoms with van der Waals surface area (Å²) in [5, 5.41) is 6.54. The molecule has 2 aromatic heterocycles. The van der Waals surface area contributed by atoms with Crippen LogP contribution in [-0.4, -0.2) is 22.5 Å². The van der Waals surface area contributed by atoms with Crippen LogP contribution >= 0.6 is 11.3 Å². The van der Waals surface area contributed by atoms with Crippen molar-refractivity contribution in [1.82, 2.24) is 9.97 Å². The maximum Gasteiger partial charge on any atom is 0.261 e. The molecule has 27 heavy (non-hydrogen) atoms. The molecule has 0 aliphatic rings. The first kappa shape index (κ1) is 17.3. The van der Waals surface area contributed by atoms with Gasteiger partial charge in [-0.15, -0.1) is 11.3 Å². The molecule has 0 aliphatic carbocycles. The van der Waals surface area contributed by atoms with E-state index < -0.39 is 0 Å². The van der Waals surface area contributed by atoms with Gasteiger partial charge in [0.2, 0.25) is 0 Å². The highest BCUT2D eigenvalue weighted by atomic mass is 32.1. The van der Waals surface area contributed by atoms with Gasteiger partial charge in [-0.25, -0.2) is 4.98 Å². The molecule has 0 saturated carbocycles. The highest BCUT2D eigenvalue weighted by molar-refractivity contribution is 7.14. The van der Waals surface area contributed by atoms with Gasteiger partial charge in [-0.3, -0.25) is 10.1 Å². The summed E-state index contributed by atoms with van der Waals surface area (Å²) in [5.74, 6) is 0.345. The first-order chi connectivity index (χ1) is 13.2. The number of anilines is 1. The molecule has 0 bridgehead atoms. The fourth-order valence-corrected chi connectivity index (χ4v) is 3.85. The van der Waals surface area contributed by atoms with Crippen molar-refractivity contribution in [3.63, 3.8) is 0 Å². The zero-order chi connectivity index (χ0) is 18.8. The van der Waals surface area contributed by atoms with Crippen LogP contribution in [-0.2, 0) is 0 Å². The fraction of sp³-hybridized carbons (Fsp3) is 0.143. The second kappa shape index (κ2) is 7.25. The number of aromatic nitrogens is 2. The summed E-state index contributed by atoms with van der Waals surface area (Å²) in [6, 6.07) is 15.3. The van der Waals surface area contributed by atoms with Gasteiger partial charge in [-0.2, -0.15) is 0 Å². The van der Waals surface area contributed by atoms with Gasteiger partial charge in [-0.1, -0.05) is 30.3 Å². The molecular formula is C21H19N3O2S. The minimum Gasteiger partial charge on any atom is -0.493 e. The third kappa shape index (κ3) is 3.31. The topological polar surface area (TPSA) is 67.0 Å². The van der Waals surface area contributed by atoms with E-state index >= 15 is 0 Å². The number of ether oxygens (including phenoxy) is 1. The Kier molecular flexibility index (Phi) is 4.64. The molecule has 5 nitrogen and oxygen atoms in total. The minimum atomic E-state index is -0.226. The number of carbonyl (C=O) groups is 1. The van der Waals surface area contributed by atoms with Crippen molar-refractivity contribution in [3.05, 3.63) is 65.2 Å². The number of aromatic amines is 1. The Hall–Kier alpha value is -3.12. The Labute approximate surface area is 161 Å². The Morgan fingerprint density at radius 2 is 1.96 bits per heavy atom. The predicted molar refractivity (Wildman–Crippen MR) is 110 cm³/mol. The van der Waals surface area contributed by atoms with Crippen LogP contribution in [0.2, 0.25) is 0 Å². The van der Waals surface area contributed by atoms with Crippen LogP contribution in [0.15, 0.2) is 53.9 Å². The van der Waals surface area contributed by atoms with Crippen molar-refractivity contribution in [2.75, 3.05) is 11.9 Å². The third-order valence-electron chi connectivity index (χ3n) is 4.31. The highest BCUT2D eigenvalue weighted by Crippen LogP contribution is 2.34. The van der Waals surface area contributed by atoms with Crippen LogP contribution in [0.4, 0.5) is 5.13 Å². The summed E-state index contributed by atoms with van der Waals surface area (Å²) in [6.45, 7) is 4.43. The molecule has 0 radical (unpaired) electrons. The number of amides is 1. The number of fused-ring (bicyclic) bond motifs is 1. The van der Waals surface area contributed by atoms with Crippen LogP contribution in [0, 0.1) is 6.92 Å². The molecule has 6 heteroatoms. The average Bonchev–Trinajstić information content (AvgIpc) is 3.25. The van der Waals surface area contributed by atoms with E-state index in [4.69, 9.17) is 4.74 Å². The second-order valence-electron chi connectivity index (χ2n) is 6.09. The molecule has 2 N–H and O–H groups in total. The number of thiazole rings is 1. The van der Waals surface area contributed by atoms with Crippen LogP contribution in [0.25, 0.3) is 22.2 Å².